The van der Waals surface area contributed by atoms with Gasteiger partial charge in [-0.3, -0.25) is 0 Å². The summed E-state index contributed by atoms with van der Waals surface area (Å²) < 4.78 is 6.17. The number of ether oxygens (including phenoxy) is 1. The van der Waals surface area contributed by atoms with Crippen LogP contribution in [0, 0.1) is 0 Å². The van der Waals surface area contributed by atoms with Crippen LogP contribution in [-0.4, -0.2) is 20.9 Å². The highest BCUT2D eigenvalue weighted by molar-refractivity contribution is 7.99. The van der Waals surface area contributed by atoms with E-state index < -0.39 is 6.23 Å². The van der Waals surface area contributed by atoms with E-state index in [-0.39, 0.29) is 0 Å². The fourth-order valence-corrected chi connectivity index (χ4v) is 3.84. The Balaban J connectivity index is 1.85. The van der Waals surface area contributed by atoms with Crippen LogP contribution in [0.1, 0.15) is 11.8 Å². The Morgan fingerprint density at radius 1 is 1.11 bits per heavy atom. The third kappa shape index (κ3) is 3.60. The van der Waals surface area contributed by atoms with Gasteiger partial charge in [-0.1, -0.05) is 65.3 Å². The molecule has 8 heteroatoms. The maximum atomic E-state index is 6.40. The summed E-state index contributed by atoms with van der Waals surface area (Å²) >= 11 is 14.2. The second-order valence-electron chi connectivity index (χ2n) is 5.67. The molecule has 4 rings (SSSR count). The summed E-state index contributed by atoms with van der Waals surface area (Å²) in [5.74, 6) is 1.05. The van der Waals surface area contributed by atoms with E-state index in [1.165, 1.54) is 11.8 Å². The number of rotatable bonds is 4. The van der Waals surface area contributed by atoms with Crippen LogP contribution in [0.3, 0.4) is 0 Å². The Kier molecular flexibility index (Phi) is 5.20. The molecular formula is C19H14Cl2N4OS. The van der Waals surface area contributed by atoms with E-state index in [9.17, 15) is 0 Å². The Bertz CT molecular complexity index is 994. The predicted octanol–water partition coefficient (Wildman–Crippen LogP) is 5.63. The van der Waals surface area contributed by atoms with Gasteiger partial charge in [-0.05, 0) is 18.2 Å². The summed E-state index contributed by atoms with van der Waals surface area (Å²) in [5.41, 5.74) is 2.88. The third-order valence-electron chi connectivity index (χ3n) is 3.93. The molecule has 2 heterocycles. The minimum Gasteiger partial charge on any atom is -0.448 e. The van der Waals surface area contributed by atoms with E-state index in [4.69, 9.17) is 27.9 Å². The monoisotopic (exact) mass is 416 g/mol. The predicted molar refractivity (Wildman–Crippen MR) is 110 cm³/mol. The molecule has 1 aromatic heterocycles. The van der Waals surface area contributed by atoms with Crippen molar-refractivity contribution >= 4 is 40.7 Å². The molecule has 1 atom stereocenters. The molecule has 1 aliphatic rings. The average Bonchev–Trinajstić information content (AvgIpc) is 2.82. The van der Waals surface area contributed by atoms with Crippen molar-refractivity contribution in [3.8, 4) is 17.1 Å². The molecule has 0 amide bonds. The van der Waals surface area contributed by atoms with Gasteiger partial charge in [-0.15, -0.1) is 16.8 Å². The van der Waals surface area contributed by atoms with Crippen molar-refractivity contribution in [3.63, 3.8) is 0 Å². The first-order chi connectivity index (χ1) is 13.2. The second kappa shape index (κ2) is 7.76. The zero-order valence-electron chi connectivity index (χ0n) is 14.0. The summed E-state index contributed by atoms with van der Waals surface area (Å²) in [6.07, 6.45) is 1.16. The molecule has 0 spiro atoms. The van der Waals surface area contributed by atoms with Crippen molar-refractivity contribution in [2.24, 2.45) is 0 Å². The lowest BCUT2D eigenvalue weighted by Crippen LogP contribution is -2.18. The highest BCUT2D eigenvalue weighted by Gasteiger charge is 2.28. The molecule has 2 aromatic carbocycles. The molecule has 27 heavy (non-hydrogen) atoms. The Labute approximate surface area is 170 Å². The van der Waals surface area contributed by atoms with E-state index in [1.807, 2.05) is 24.3 Å². The average molecular weight is 417 g/mol. The number of anilines is 1. The van der Waals surface area contributed by atoms with Crippen molar-refractivity contribution in [1.82, 2.24) is 15.2 Å². The van der Waals surface area contributed by atoms with Gasteiger partial charge in [0.25, 0.3) is 0 Å². The fraction of sp³-hybridized carbons (Fsp3) is 0.105. The lowest BCUT2D eigenvalue weighted by molar-refractivity contribution is 0.225. The van der Waals surface area contributed by atoms with Crippen molar-refractivity contribution < 1.29 is 4.74 Å². The lowest BCUT2D eigenvalue weighted by atomic mass is 10.1. The molecular weight excluding hydrogens is 403 g/mol. The third-order valence-corrected chi connectivity index (χ3v) is 5.42. The van der Waals surface area contributed by atoms with Crippen LogP contribution >= 0.6 is 35.0 Å². The van der Waals surface area contributed by atoms with Crippen LogP contribution in [-0.2, 0) is 0 Å². The van der Waals surface area contributed by atoms with Gasteiger partial charge in [0.1, 0.15) is 0 Å². The van der Waals surface area contributed by atoms with E-state index >= 15 is 0 Å². The first kappa shape index (κ1) is 18.1. The lowest BCUT2D eigenvalue weighted by Gasteiger charge is -2.21. The van der Waals surface area contributed by atoms with Crippen LogP contribution in [0.5, 0.6) is 5.88 Å². The summed E-state index contributed by atoms with van der Waals surface area (Å²) in [7, 11) is 0. The molecule has 0 fully saturated rings. The standard InChI is InChI=1S/C19H14Cl2N4OS/c1-2-10-27-19-23-18-16(24-25-19)11-6-3-4-9-14(11)22-17(26-18)15-12(20)7-5-8-13(15)21/h2-9,17,22H,1,10H2. The number of benzene rings is 2. The van der Waals surface area contributed by atoms with Gasteiger partial charge in [0.2, 0.25) is 17.3 Å². The fourth-order valence-electron chi connectivity index (χ4n) is 2.73. The number of thioether (sulfide) groups is 1. The molecule has 1 unspecified atom stereocenters. The largest absolute Gasteiger partial charge is 0.448 e. The number of halogens is 2. The molecule has 5 nitrogen and oxygen atoms in total. The van der Waals surface area contributed by atoms with Gasteiger partial charge in [0.15, 0.2) is 5.69 Å². The quantitative estimate of drug-likeness (QED) is 0.439. The molecule has 3 aromatic rings. The summed E-state index contributed by atoms with van der Waals surface area (Å²) in [4.78, 5) is 4.54. The van der Waals surface area contributed by atoms with Gasteiger partial charge in [0, 0.05) is 17.0 Å². The minimum absolute atomic E-state index is 0.370. The first-order valence-electron chi connectivity index (χ1n) is 8.12. The molecule has 0 radical (unpaired) electrons. The molecule has 136 valence electrons. The second-order valence-corrected chi connectivity index (χ2v) is 7.47. The zero-order valence-corrected chi connectivity index (χ0v) is 16.4. The summed E-state index contributed by atoms with van der Waals surface area (Å²) in [6.45, 7) is 3.71. The van der Waals surface area contributed by atoms with Gasteiger partial charge in [-0.2, -0.15) is 4.98 Å². The van der Waals surface area contributed by atoms with Crippen molar-refractivity contribution in [1.29, 1.82) is 0 Å². The molecule has 0 saturated heterocycles. The van der Waals surface area contributed by atoms with Gasteiger partial charge >= 0.3 is 0 Å². The smallest absolute Gasteiger partial charge is 0.247 e. The summed E-state index contributed by atoms with van der Waals surface area (Å²) in [5, 5.41) is 13.4. The van der Waals surface area contributed by atoms with Crippen LogP contribution in [0.15, 0.2) is 60.3 Å². The highest BCUT2D eigenvalue weighted by Crippen LogP contribution is 2.42. The van der Waals surface area contributed by atoms with Crippen LogP contribution in [0.2, 0.25) is 10.0 Å². The van der Waals surface area contributed by atoms with E-state index in [1.54, 1.807) is 24.3 Å². The molecule has 1 aliphatic heterocycles. The number of para-hydroxylation sites is 1. The Morgan fingerprint density at radius 3 is 2.67 bits per heavy atom. The first-order valence-corrected chi connectivity index (χ1v) is 9.86. The number of hydrogen-bond acceptors (Lipinski definition) is 6. The summed E-state index contributed by atoms with van der Waals surface area (Å²) in [6, 6.07) is 13.1. The highest BCUT2D eigenvalue weighted by atomic mass is 35.5. The molecule has 1 N–H and O–H groups in total. The number of aromatic nitrogens is 3. The zero-order chi connectivity index (χ0) is 18.8. The van der Waals surface area contributed by atoms with Crippen LogP contribution in [0.4, 0.5) is 5.69 Å². The maximum absolute atomic E-state index is 6.40. The molecule has 0 aliphatic carbocycles. The Morgan fingerprint density at radius 2 is 1.89 bits per heavy atom. The molecule has 0 saturated carbocycles. The van der Waals surface area contributed by atoms with Crippen molar-refractivity contribution in [2.45, 2.75) is 11.4 Å². The van der Waals surface area contributed by atoms with Gasteiger partial charge in [-0.25, -0.2) is 0 Å². The van der Waals surface area contributed by atoms with E-state index in [0.717, 1.165) is 11.3 Å². The minimum atomic E-state index is -0.623. The van der Waals surface area contributed by atoms with Crippen LogP contribution in [0.25, 0.3) is 11.3 Å². The van der Waals surface area contributed by atoms with Crippen molar-refractivity contribution in [2.75, 3.05) is 11.1 Å². The van der Waals surface area contributed by atoms with Gasteiger partial charge < -0.3 is 10.1 Å². The molecule has 0 bridgehead atoms. The number of fused-ring (bicyclic) bond motifs is 3. The topological polar surface area (TPSA) is 59.9 Å². The SMILES string of the molecule is C=CCSc1nnc2c(n1)OC(c1c(Cl)cccc1Cl)Nc1ccccc1-2. The van der Waals surface area contributed by atoms with Crippen molar-refractivity contribution in [3.05, 3.63) is 70.7 Å². The number of hydrogen-bond donors (Lipinski definition) is 1. The Hall–Kier alpha value is -2.28. The van der Waals surface area contributed by atoms with Gasteiger partial charge in [0.05, 0.1) is 15.6 Å². The number of nitrogens with zero attached hydrogens (tertiary/aromatic N) is 3. The van der Waals surface area contributed by atoms with E-state index in [2.05, 4.69) is 27.1 Å². The van der Waals surface area contributed by atoms with Crippen LogP contribution < -0.4 is 10.1 Å². The number of nitrogens with one attached hydrogen (secondary N) is 1. The normalized spacial score (nSPS) is 15.0. The maximum Gasteiger partial charge on any atom is 0.247 e. The van der Waals surface area contributed by atoms with E-state index in [0.29, 0.717) is 38.1 Å².